The smallest absolute Gasteiger partial charge is 0.351 e. The average Bonchev–Trinajstić information content (AvgIpc) is 3.01. The van der Waals surface area contributed by atoms with Crippen LogP contribution in [0.15, 0.2) is 47.4 Å². The molecule has 198 valence electrons. The molecule has 0 saturated carbocycles. The summed E-state index contributed by atoms with van der Waals surface area (Å²) in [4.78, 5) is 28.0. The number of nitrogen functional groups attached to an aromatic ring is 1. The Kier molecular flexibility index (Phi) is 9.10. The van der Waals surface area contributed by atoms with Gasteiger partial charge >= 0.3 is 18.3 Å². The summed E-state index contributed by atoms with van der Waals surface area (Å²) in [5.74, 6) is -0.320. The van der Waals surface area contributed by atoms with Gasteiger partial charge in [-0.3, -0.25) is 9.36 Å². The number of hydrogen-bond acceptors (Lipinski definition) is 10. The summed E-state index contributed by atoms with van der Waals surface area (Å²) in [6, 6.07) is 8.79. The van der Waals surface area contributed by atoms with E-state index < -0.39 is 54.5 Å². The maximum atomic E-state index is 15.3. The van der Waals surface area contributed by atoms with Gasteiger partial charge in [-0.1, -0.05) is 29.8 Å². The zero-order chi connectivity index (χ0) is 26.7. The summed E-state index contributed by atoms with van der Waals surface area (Å²) >= 11 is 11.5. The Hall–Kier alpha value is -2.12. The van der Waals surface area contributed by atoms with Crippen molar-refractivity contribution in [2.45, 2.75) is 56.5 Å². The van der Waals surface area contributed by atoms with E-state index in [1.165, 1.54) is 13.0 Å². The van der Waals surface area contributed by atoms with E-state index in [9.17, 15) is 14.7 Å². The second-order valence-electron chi connectivity index (χ2n) is 8.22. The minimum absolute atomic E-state index is 0.0800. The number of nitrogens with two attached hydrogens (primary N) is 1. The monoisotopic (exact) mass is 564 g/mol. The van der Waals surface area contributed by atoms with Crippen LogP contribution in [0.1, 0.15) is 27.0 Å². The van der Waals surface area contributed by atoms with Crippen LogP contribution in [0.25, 0.3) is 0 Å². The zero-order valence-corrected chi connectivity index (χ0v) is 22.1. The molecule has 6 atom stereocenters. The van der Waals surface area contributed by atoms with Gasteiger partial charge in [0, 0.05) is 6.20 Å². The van der Waals surface area contributed by atoms with Crippen LogP contribution in [0.5, 0.6) is 5.75 Å². The minimum Gasteiger partial charge on any atom is -0.462 e. The lowest BCUT2D eigenvalue weighted by Crippen LogP contribution is -2.41. The Morgan fingerprint density at radius 1 is 1.39 bits per heavy atom. The van der Waals surface area contributed by atoms with Gasteiger partial charge in [-0.05, 0) is 50.8 Å². The zero-order valence-electron chi connectivity index (χ0n) is 19.6. The van der Waals surface area contributed by atoms with Crippen LogP contribution >= 0.6 is 18.2 Å². The summed E-state index contributed by atoms with van der Waals surface area (Å²) in [7, 11) is 0. The van der Waals surface area contributed by atoms with Gasteiger partial charge in [-0.15, -0.1) is 0 Å². The number of rotatable bonds is 10. The molecule has 1 aliphatic heterocycles. The van der Waals surface area contributed by atoms with E-state index >= 15 is 4.39 Å². The number of hydrogen-bond donors (Lipinski definition) is 3. The molecule has 1 aliphatic rings. The lowest BCUT2D eigenvalue weighted by atomic mass is 10.1. The lowest BCUT2D eigenvalue weighted by Gasteiger charge is -2.28. The maximum absolute atomic E-state index is 15.3. The van der Waals surface area contributed by atoms with E-state index in [2.05, 4.69) is 10.1 Å². The number of anilines is 1. The molecule has 0 amide bonds. The average molecular weight is 565 g/mol. The second kappa shape index (κ2) is 11.5. The van der Waals surface area contributed by atoms with E-state index in [1.54, 1.807) is 44.2 Å². The van der Waals surface area contributed by atoms with Crippen LogP contribution in [0, 0.1) is 0 Å². The molecule has 1 saturated heterocycles. The Morgan fingerprint density at radius 3 is 2.67 bits per heavy atom. The van der Waals surface area contributed by atoms with Gasteiger partial charge in [-0.25, -0.2) is 14.3 Å². The molecule has 1 unspecified atom stereocenters. The number of nitrogens with one attached hydrogen (secondary N) is 1. The number of halogens is 2. The number of ether oxygens (including phenoxy) is 2. The van der Waals surface area contributed by atoms with E-state index in [4.69, 9.17) is 47.7 Å². The standard InChI is InChI=1S/C21H27ClFN4O7PS/c1-12(2)32-18(29)13(3)26-35(36,34-14-7-5-4-6-8-14)31-11-15-17(28)21(22,23)19(33-15)27-10-9-16(24)25-20(27)30/h4-10,12-13,15,17,19,28H,11H2,1-3H3,(H,26,36)(H2,24,25,30)/t13-,15+,17+,19+,21-,35?/m0/s1. The highest BCUT2D eigenvalue weighted by atomic mass is 35.5. The molecule has 0 aliphatic carbocycles. The van der Waals surface area contributed by atoms with E-state index in [0.29, 0.717) is 5.75 Å². The number of esters is 1. The van der Waals surface area contributed by atoms with E-state index in [-0.39, 0.29) is 11.9 Å². The van der Waals surface area contributed by atoms with Gasteiger partial charge in [0.2, 0.25) is 0 Å². The molecule has 4 N–H and O–H groups in total. The van der Waals surface area contributed by atoms with Crippen LogP contribution in [0.2, 0.25) is 0 Å². The van der Waals surface area contributed by atoms with E-state index in [0.717, 1.165) is 10.8 Å². The molecular weight excluding hydrogens is 538 g/mol. The normalized spacial score (nSPS) is 26.4. The fourth-order valence-electron chi connectivity index (χ4n) is 3.22. The molecule has 0 bridgehead atoms. The van der Waals surface area contributed by atoms with Crippen LogP contribution in [0.3, 0.4) is 0 Å². The number of aliphatic hydroxyl groups excluding tert-OH is 1. The molecule has 3 rings (SSSR count). The predicted octanol–water partition coefficient (Wildman–Crippen LogP) is 2.24. The molecule has 0 radical (unpaired) electrons. The molecule has 1 fully saturated rings. The van der Waals surface area contributed by atoms with Crippen molar-refractivity contribution in [1.82, 2.24) is 14.6 Å². The second-order valence-corrected chi connectivity index (χ2v) is 11.9. The van der Waals surface area contributed by atoms with Gasteiger partial charge < -0.3 is 29.4 Å². The first-order chi connectivity index (χ1) is 16.8. The Bertz CT molecular complexity index is 1170. The van der Waals surface area contributed by atoms with Gasteiger partial charge in [0.15, 0.2) is 6.23 Å². The first-order valence-electron chi connectivity index (χ1n) is 10.9. The predicted molar refractivity (Wildman–Crippen MR) is 134 cm³/mol. The molecule has 36 heavy (non-hydrogen) atoms. The van der Waals surface area contributed by atoms with Gasteiger partial charge in [-0.2, -0.15) is 4.98 Å². The Labute approximate surface area is 216 Å². The van der Waals surface area contributed by atoms with Gasteiger partial charge in [0.25, 0.3) is 5.13 Å². The topological polar surface area (TPSA) is 147 Å². The number of aliphatic hydroxyl groups is 1. The first-order valence-corrected chi connectivity index (χ1v) is 13.9. The van der Waals surface area contributed by atoms with Crippen molar-refractivity contribution in [3.63, 3.8) is 0 Å². The van der Waals surface area contributed by atoms with Gasteiger partial charge in [0.1, 0.15) is 29.8 Å². The third-order valence-corrected chi connectivity index (χ3v) is 7.83. The van der Waals surface area contributed by atoms with Crippen molar-refractivity contribution < 1.29 is 32.8 Å². The molecule has 15 heteroatoms. The maximum Gasteiger partial charge on any atom is 0.351 e. The van der Waals surface area contributed by atoms with Crippen molar-refractivity contribution in [2.75, 3.05) is 12.3 Å². The van der Waals surface area contributed by atoms with Crippen molar-refractivity contribution in [3.05, 3.63) is 53.1 Å². The minimum atomic E-state index is -3.49. The number of carbonyl (C=O) groups excluding carboxylic acids is 1. The number of para-hydroxylation sites is 1. The number of aromatic nitrogens is 2. The highest BCUT2D eigenvalue weighted by Crippen LogP contribution is 2.48. The van der Waals surface area contributed by atoms with Crippen molar-refractivity contribution >= 4 is 41.8 Å². The number of alkyl halides is 2. The number of benzene rings is 1. The fourth-order valence-corrected chi connectivity index (χ4v) is 5.93. The van der Waals surface area contributed by atoms with Gasteiger partial charge in [0.05, 0.1) is 12.7 Å². The fraction of sp³-hybridized carbons (Fsp3) is 0.476. The summed E-state index contributed by atoms with van der Waals surface area (Å²) in [6.07, 6.45) is -4.22. The summed E-state index contributed by atoms with van der Waals surface area (Å²) in [5.41, 5.74) is 4.55. The molecule has 1 aromatic heterocycles. The number of carbonyl (C=O) groups is 1. The Morgan fingerprint density at radius 2 is 2.06 bits per heavy atom. The van der Waals surface area contributed by atoms with E-state index in [1.807, 2.05) is 0 Å². The lowest BCUT2D eigenvalue weighted by molar-refractivity contribution is -0.149. The summed E-state index contributed by atoms with van der Waals surface area (Å²) in [6.45, 7) is 0.933. The first kappa shape index (κ1) is 28.5. The molecule has 2 heterocycles. The molecular formula is C21H27ClFN4O7PS. The third kappa shape index (κ3) is 6.80. The SMILES string of the molecule is CC(C)OC(=O)[C@H](C)NP(=S)(OC[C@H]1O[C@@H](n2ccc(N)nc2=O)[C@](F)(Cl)[C@@H]1O)Oc1ccccc1. The Balaban J connectivity index is 1.79. The number of nitrogens with zero attached hydrogens (tertiary/aromatic N) is 2. The largest absolute Gasteiger partial charge is 0.462 e. The van der Waals surface area contributed by atoms with Crippen LogP contribution in [-0.2, 0) is 30.6 Å². The van der Waals surface area contributed by atoms with Crippen molar-refractivity contribution in [2.24, 2.45) is 0 Å². The summed E-state index contributed by atoms with van der Waals surface area (Å²) < 4.78 is 38.4. The van der Waals surface area contributed by atoms with Crippen molar-refractivity contribution in [3.8, 4) is 5.75 Å². The highest BCUT2D eigenvalue weighted by molar-refractivity contribution is 8.09. The molecule has 0 spiro atoms. The molecule has 1 aromatic carbocycles. The van der Waals surface area contributed by atoms with Crippen molar-refractivity contribution in [1.29, 1.82) is 0 Å². The highest BCUT2D eigenvalue weighted by Gasteiger charge is 2.58. The third-order valence-electron chi connectivity index (χ3n) is 4.92. The van der Waals surface area contributed by atoms with Crippen LogP contribution in [0.4, 0.5) is 10.2 Å². The quantitative estimate of drug-likeness (QED) is 0.222. The summed E-state index contributed by atoms with van der Waals surface area (Å²) in [5, 5.41) is 10.4. The van der Waals surface area contributed by atoms with Crippen LogP contribution < -0.4 is 21.0 Å². The molecule has 11 nitrogen and oxygen atoms in total. The van der Waals surface area contributed by atoms with Crippen LogP contribution in [-0.4, -0.2) is 56.7 Å². The molecule has 2 aromatic rings.